The highest BCUT2D eigenvalue weighted by Gasteiger charge is 2.00. The molecule has 0 radical (unpaired) electrons. The SMILES string of the molecule is CN(CCN)Cc1ccc(-n2cccn2)cc1. The maximum Gasteiger partial charge on any atom is 0.0645 e. The van der Waals surface area contributed by atoms with Crippen LogP contribution in [-0.2, 0) is 6.54 Å². The lowest BCUT2D eigenvalue weighted by Crippen LogP contribution is -2.24. The third-order valence-corrected chi connectivity index (χ3v) is 2.67. The van der Waals surface area contributed by atoms with Crippen LogP contribution in [0, 0.1) is 0 Å². The van der Waals surface area contributed by atoms with Crippen molar-refractivity contribution in [3.63, 3.8) is 0 Å². The van der Waals surface area contributed by atoms with E-state index in [9.17, 15) is 0 Å². The first kappa shape index (κ1) is 11.8. The van der Waals surface area contributed by atoms with Gasteiger partial charge in [-0.3, -0.25) is 0 Å². The molecule has 4 nitrogen and oxygen atoms in total. The van der Waals surface area contributed by atoms with Crippen molar-refractivity contribution < 1.29 is 0 Å². The van der Waals surface area contributed by atoms with E-state index in [-0.39, 0.29) is 0 Å². The van der Waals surface area contributed by atoms with E-state index in [0.29, 0.717) is 6.54 Å². The van der Waals surface area contributed by atoms with Crippen molar-refractivity contribution in [2.75, 3.05) is 20.1 Å². The van der Waals surface area contributed by atoms with E-state index in [4.69, 9.17) is 5.73 Å². The summed E-state index contributed by atoms with van der Waals surface area (Å²) < 4.78 is 1.85. The van der Waals surface area contributed by atoms with Crippen molar-refractivity contribution in [2.45, 2.75) is 6.54 Å². The van der Waals surface area contributed by atoms with E-state index >= 15 is 0 Å². The van der Waals surface area contributed by atoms with Gasteiger partial charge in [0.1, 0.15) is 0 Å². The maximum absolute atomic E-state index is 5.52. The van der Waals surface area contributed by atoms with Crippen molar-refractivity contribution in [1.82, 2.24) is 14.7 Å². The molecule has 0 bridgehead atoms. The van der Waals surface area contributed by atoms with Gasteiger partial charge in [0.15, 0.2) is 0 Å². The number of aromatic nitrogens is 2. The third-order valence-electron chi connectivity index (χ3n) is 2.67. The van der Waals surface area contributed by atoms with Gasteiger partial charge in [-0.15, -0.1) is 0 Å². The molecule has 0 saturated carbocycles. The molecular formula is C13H18N4. The molecule has 0 fully saturated rings. The Morgan fingerprint density at radius 1 is 1.29 bits per heavy atom. The topological polar surface area (TPSA) is 47.1 Å². The molecule has 0 spiro atoms. The van der Waals surface area contributed by atoms with Crippen LogP contribution in [0.1, 0.15) is 5.56 Å². The molecule has 2 rings (SSSR count). The highest BCUT2D eigenvalue weighted by Crippen LogP contribution is 2.09. The van der Waals surface area contributed by atoms with Crippen LogP contribution in [-0.4, -0.2) is 34.8 Å². The van der Waals surface area contributed by atoms with Crippen molar-refractivity contribution in [3.05, 3.63) is 48.3 Å². The molecule has 0 aliphatic heterocycles. The molecule has 90 valence electrons. The molecule has 1 aromatic carbocycles. The van der Waals surface area contributed by atoms with E-state index in [1.807, 2.05) is 16.9 Å². The number of likely N-dealkylation sites (N-methyl/N-ethyl adjacent to an activating group) is 1. The van der Waals surface area contributed by atoms with Gasteiger partial charge in [-0.2, -0.15) is 5.10 Å². The van der Waals surface area contributed by atoms with Crippen LogP contribution in [0.5, 0.6) is 0 Å². The summed E-state index contributed by atoms with van der Waals surface area (Å²) in [6.07, 6.45) is 3.72. The second kappa shape index (κ2) is 5.61. The lowest BCUT2D eigenvalue weighted by Gasteiger charge is -2.15. The Labute approximate surface area is 102 Å². The molecule has 2 aromatic rings. The van der Waals surface area contributed by atoms with Gasteiger partial charge in [0.25, 0.3) is 0 Å². The lowest BCUT2D eigenvalue weighted by atomic mass is 10.2. The standard InChI is InChI=1S/C13H18N4/c1-16(10-7-14)11-12-3-5-13(6-4-12)17-9-2-8-15-17/h2-6,8-9H,7,10-11,14H2,1H3. The molecule has 4 heteroatoms. The van der Waals surface area contributed by atoms with E-state index in [0.717, 1.165) is 18.8 Å². The Balaban J connectivity index is 2.03. The number of benzene rings is 1. The Bertz CT molecular complexity index is 433. The summed E-state index contributed by atoms with van der Waals surface area (Å²) in [7, 11) is 2.08. The summed E-state index contributed by atoms with van der Waals surface area (Å²) in [6, 6.07) is 10.3. The molecule has 0 aliphatic rings. The predicted molar refractivity (Wildman–Crippen MR) is 69.0 cm³/mol. The van der Waals surface area contributed by atoms with E-state index in [1.165, 1.54) is 5.56 Å². The van der Waals surface area contributed by atoms with Crippen LogP contribution in [0.15, 0.2) is 42.7 Å². The normalized spacial score (nSPS) is 11.0. The maximum atomic E-state index is 5.52. The molecule has 2 N–H and O–H groups in total. The van der Waals surface area contributed by atoms with Gasteiger partial charge in [-0.25, -0.2) is 4.68 Å². The molecular weight excluding hydrogens is 212 g/mol. The molecule has 0 unspecified atom stereocenters. The average Bonchev–Trinajstić information content (AvgIpc) is 2.84. The van der Waals surface area contributed by atoms with Gasteiger partial charge >= 0.3 is 0 Å². The number of hydrogen-bond donors (Lipinski definition) is 1. The van der Waals surface area contributed by atoms with E-state index in [2.05, 4.69) is 41.3 Å². The zero-order valence-corrected chi connectivity index (χ0v) is 10.1. The highest BCUT2D eigenvalue weighted by molar-refractivity contribution is 5.33. The van der Waals surface area contributed by atoms with Gasteiger partial charge in [0, 0.05) is 32.0 Å². The van der Waals surface area contributed by atoms with Crippen molar-refractivity contribution in [1.29, 1.82) is 0 Å². The quantitative estimate of drug-likeness (QED) is 0.841. The molecule has 0 amide bonds. The Kier molecular flexibility index (Phi) is 3.90. The molecule has 1 heterocycles. The largest absolute Gasteiger partial charge is 0.329 e. The van der Waals surface area contributed by atoms with Crippen LogP contribution in [0.2, 0.25) is 0 Å². The van der Waals surface area contributed by atoms with E-state index in [1.54, 1.807) is 6.20 Å². The minimum Gasteiger partial charge on any atom is -0.329 e. The van der Waals surface area contributed by atoms with Gasteiger partial charge in [0.05, 0.1) is 5.69 Å². The molecule has 0 saturated heterocycles. The highest BCUT2D eigenvalue weighted by atomic mass is 15.3. The second-order valence-corrected chi connectivity index (χ2v) is 4.14. The Morgan fingerprint density at radius 2 is 2.06 bits per heavy atom. The van der Waals surface area contributed by atoms with Gasteiger partial charge in [-0.05, 0) is 30.8 Å². The summed E-state index contributed by atoms with van der Waals surface area (Å²) in [5, 5.41) is 4.20. The predicted octanol–water partition coefficient (Wildman–Crippen LogP) is 1.26. The Hall–Kier alpha value is -1.65. The first-order valence-electron chi connectivity index (χ1n) is 5.77. The van der Waals surface area contributed by atoms with E-state index < -0.39 is 0 Å². The number of rotatable bonds is 5. The first-order valence-corrected chi connectivity index (χ1v) is 5.77. The van der Waals surface area contributed by atoms with Gasteiger partial charge in [0.2, 0.25) is 0 Å². The summed E-state index contributed by atoms with van der Waals surface area (Å²) >= 11 is 0. The van der Waals surface area contributed by atoms with Crippen molar-refractivity contribution in [2.24, 2.45) is 5.73 Å². The van der Waals surface area contributed by atoms with Gasteiger partial charge in [-0.1, -0.05) is 12.1 Å². The minimum absolute atomic E-state index is 0.696. The number of nitrogens with two attached hydrogens (primary N) is 1. The van der Waals surface area contributed by atoms with Crippen LogP contribution in [0.3, 0.4) is 0 Å². The fourth-order valence-corrected chi connectivity index (χ4v) is 1.79. The van der Waals surface area contributed by atoms with Crippen LogP contribution >= 0.6 is 0 Å². The fourth-order valence-electron chi connectivity index (χ4n) is 1.79. The summed E-state index contributed by atoms with van der Waals surface area (Å²) in [5.41, 5.74) is 7.89. The third kappa shape index (κ3) is 3.15. The first-order chi connectivity index (χ1) is 8.29. The molecule has 0 atom stereocenters. The van der Waals surface area contributed by atoms with Crippen LogP contribution in [0.4, 0.5) is 0 Å². The fraction of sp³-hybridized carbons (Fsp3) is 0.308. The second-order valence-electron chi connectivity index (χ2n) is 4.14. The molecule has 0 aliphatic carbocycles. The zero-order valence-electron chi connectivity index (χ0n) is 10.1. The van der Waals surface area contributed by atoms with Gasteiger partial charge < -0.3 is 10.6 Å². The average molecular weight is 230 g/mol. The summed E-state index contributed by atoms with van der Waals surface area (Å²) in [6.45, 7) is 2.54. The monoisotopic (exact) mass is 230 g/mol. The molecule has 17 heavy (non-hydrogen) atoms. The van der Waals surface area contributed by atoms with Crippen LogP contribution in [0.25, 0.3) is 5.69 Å². The van der Waals surface area contributed by atoms with Crippen molar-refractivity contribution in [3.8, 4) is 5.69 Å². The Morgan fingerprint density at radius 3 is 2.65 bits per heavy atom. The molecule has 1 aromatic heterocycles. The smallest absolute Gasteiger partial charge is 0.0645 e. The van der Waals surface area contributed by atoms with Crippen molar-refractivity contribution >= 4 is 0 Å². The summed E-state index contributed by atoms with van der Waals surface area (Å²) in [4.78, 5) is 2.21. The number of hydrogen-bond acceptors (Lipinski definition) is 3. The minimum atomic E-state index is 0.696. The zero-order chi connectivity index (χ0) is 12.1. The summed E-state index contributed by atoms with van der Waals surface area (Å²) in [5.74, 6) is 0. The number of nitrogens with zero attached hydrogens (tertiary/aromatic N) is 3. The van der Waals surface area contributed by atoms with Crippen LogP contribution < -0.4 is 5.73 Å². The lowest BCUT2D eigenvalue weighted by molar-refractivity contribution is 0.336.